The van der Waals surface area contributed by atoms with Crippen LogP contribution in [0.25, 0.3) is 0 Å². The van der Waals surface area contributed by atoms with Gasteiger partial charge < -0.3 is 5.11 Å². The van der Waals surface area contributed by atoms with Crippen molar-refractivity contribution >= 4 is 11.8 Å². The van der Waals surface area contributed by atoms with Gasteiger partial charge in [0.1, 0.15) is 0 Å². The molecule has 0 amide bonds. The van der Waals surface area contributed by atoms with Crippen LogP contribution in [0.15, 0.2) is 35.5 Å². The average molecular weight is 278 g/mol. The molecule has 0 aromatic rings. The Morgan fingerprint density at radius 1 is 0.900 bits per heavy atom. The quantitative estimate of drug-likeness (QED) is 0.474. The van der Waals surface area contributed by atoms with Gasteiger partial charge in [0.2, 0.25) is 0 Å². The van der Waals surface area contributed by atoms with Crippen LogP contribution in [0.3, 0.4) is 0 Å². The number of ketones is 1. The number of Topliss-reactive ketones (excluding diaryl/α,β-unsaturated/α-hetero) is 1. The average Bonchev–Trinajstić information content (AvgIpc) is 2.35. The number of carboxylic acids is 1. The number of allylic oxidation sites excluding steroid dienone is 5. The van der Waals surface area contributed by atoms with E-state index in [1.54, 1.807) is 6.92 Å². The normalized spacial score (nSPS) is 12.3. The molecule has 112 valence electrons. The van der Waals surface area contributed by atoms with E-state index in [2.05, 4.69) is 12.7 Å². The molecule has 0 aliphatic rings. The summed E-state index contributed by atoms with van der Waals surface area (Å²) in [5.41, 5.74) is 3.06. The molecule has 0 aromatic carbocycles. The summed E-state index contributed by atoms with van der Waals surface area (Å²) in [4.78, 5) is 21.8. The van der Waals surface area contributed by atoms with E-state index in [0.29, 0.717) is 18.4 Å². The maximum Gasteiger partial charge on any atom is 0.303 e. The first-order valence-electron chi connectivity index (χ1n) is 7.04. The summed E-state index contributed by atoms with van der Waals surface area (Å²) in [5, 5.41) is 8.55. The number of hydrogen-bond donors (Lipinski definition) is 1. The second-order valence-electron chi connectivity index (χ2n) is 5.28. The van der Waals surface area contributed by atoms with E-state index in [9.17, 15) is 9.59 Å². The fourth-order valence-corrected chi connectivity index (χ4v) is 1.72. The van der Waals surface area contributed by atoms with Crippen LogP contribution in [0, 0.1) is 0 Å². The third-order valence-corrected chi connectivity index (χ3v) is 3.10. The molecule has 0 atom stereocenters. The Bertz CT molecular complexity index is 414. The van der Waals surface area contributed by atoms with Crippen molar-refractivity contribution in [1.29, 1.82) is 0 Å². The van der Waals surface area contributed by atoms with Crippen LogP contribution in [0.4, 0.5) is 0 Å². The van der Waals surface area contributed by atoms with Gasteiger partial charge in [-0.3, -0.25) is 9.59 Å². The van der Waals surface area contributed by atoms with Crippen LogP contribution in [0.1, 0.15) is 59.3 Å². The molecule has 0 heterocycles. The van der Waals surface area contributed by atoms with Gasteiger partial charge in [-0.05, 0) is 52.0 Å². The Balaban J connectivity index is 3.95. The van der Waals surface area contributed by atoms with Crippen molar-refractivity contribution in [2.45, 2.75) is 59.3 Å². The number of rotatable bonds is 10. The minimum Gasteiger partial charge on any atom is -0.481 e. The van der Waals surface area contributed by atoms with E-state index in [0.717, 1.165) is 19.3 Å². The fourth-order valence-electron chi connectivity index (χ4n) is 1.72. The number of carboxylic acid groups (broad SMARTS) is 1. The first kappa shape index (κ1) is 18.4. The van der Waals surface area contributed by atoms with Gasteiger partial charge in [0.05, 0.1) is 0 Å². The maximum absolute atomic E-state index is 11.4. The van der Waals surface area contributed by atoms with E-state index >= 15 is 0 Å². The highest BCUT2D eigenvalue weighted by Gasteiger charge is 2.02. The molecular weight excluding hydrogens is 252 g/mol. The molecule has 0 saturated carbocycles. The van der Waals surface area contributed by atoms with Crippen LogP contribution in [0.2, 0.25) is 0 Å². The van der Waals surface area contributed by atoms with E-state index in [4.69, 9.17) is 5.11 Å². The number of aliphatic carboxylic acids is 1. The molecule has 3 heteroatoms. The molecular formula is C17H26O3. The summed E-state index contributed by atoms with van der Waals surface area (Å²) in [7, 11) is 0. The highest BCUT2D eigenvalue weighted by Crippen LogP contribution is 2.12. The lowest BCUT2D eigenvalue weighted by molar-refractivity contribution is -0.136. The second-order valence-corrected chi connectivity index (χ2v) is 5.28. The third kappa shape index (κ3) is 10.3. The molecule has 0 radical (unpaired) electrons. The zero-order chi connectivity index (χ0) is 15.5. The molecule has 20 heavy (non-hydrogen) atoms. The molecule has 0 fully saturated rings. The molecule has 0 aromatic heterocycles. The van der Waals surface area contributed by atoms with Gasteiger partial charge in [0.15, 0.2) is 5.78 Å². The minimum atomic E-state index is -0.757. The van der Waals surface area contributed by atoms with Gasteiger partial charge in [-0.25, -0.2) is 0 Å². The first-order chi connectivity index (χ1) is 9.32. The zero-order valence-electron chi connectivity index (χ0n) is 12.9. The van der Waals surface area contributed by atoms with Gasteiger partial charge in [-0.2, -0.15) is 0 Å². The van der Waals surface area contributed by atoms with Crippen molar-refractivity contribution in [2.24, 2.45) is 0 Å². The van der Waals surface area contributed by atoms with Gasteiger partial charge in [-0.1, -0.05) is 29.9 Å². The molecule has 0 rings (SSSR count). The summed E-state index contributed by atoms with van der Waals surface area (Å²) in [6, 6.07) is 0. The lowest BCUT2D eigenvalue weighted by Crippen LogP contribution is -1.98. The summed E-state index contributed by atoms with van der Waals surface area (Å²) < 4.78 is 0. The van der Waals surface area contributed by atoms with E-state index in [-0.39, 0.29) is 12.2 Å². The smallest absolute Gasteiger partial charge is 0.303 e. The van der Waals surface area contributed by atoms with Crippen molar-refractivity contribution in [3.8, 4) is 0 Å². The Morgan fingerprint density at radius 2 is 1.40 bits per heavy atom. The number of hydrogen-bond acceptors (Lipinski definition) is 2. The Labute approximate surface area is 122 Å². The van der Waals surface area contributed by atoms with Crippen molar-refractivity contribution in [3.05, 3.63) is 35.5 Å². The predicted molar refractivity (Wildman–Crippen MR) is 82.7 cm³/mol. The van der Waals surface area contributed by atoms with Crippen LogP contribution in [-0.4, -0.2) is 16.9 Å². The summed E-state index contributed by atoms with van der Waals surface area (Å²) in [5.74, 6) is -0.630. The first-order valence-corrected chi connectivity index (χ1v) is 7.04. The molecule has 1 N–H and O–H groups in total. The van der Waals surface area contributed by atoms with Crippen molar-refractivity contribution in [2.75, 3.05) is 0 Å². The van der Waals surface area contributed by atoms with E-state index < -0.39 is 5.97 Å². The molecule has 0 saturated heterocycles. The van der Waals surface area contributed by atoms with Gasteiger partial charge in [0.25, 0.3) is 0 Å². The molecule has 0 aliphatic carbocycles. The van der Waals surface area contributed by atoms with E-state index in [1.165, 1.54) is 11.1 Å². The summed E-state index contributed by atoms with van der Waals surface area (Å²) >= 11 is 0. The van der Waals surface area contributed by atoms with Crippen molar-refractivity contribution in [3.63, 3.8) is 0 Å². The molecule has 3 nitrogen and oxygen atoms in total. The highest BCUT2D eigenvalue weighted by molar-refractivity contribution is 5.94. The van der Waals surface area contributed by atoms with Crippen LogP contribution >= 0.6 is 0 Å². The lowest BCUT2D eigenvalue weighted by Gasteiger charge is -2.02. The molecule has 0 unspecified atom stereocenters. The van der Waals surface area contributed by atoms with Gasteiger partial charge >= 0.3 is 5.97 Å². The summed E-state index contributed by atoms with van der Waals surface area (Å²) in [6.45, 7) is 9.44. The highest BCUT2D eigenvalue weighted by atomic mass is 16.4. The van der Waals surface area contributed by atoms with Gasteiger partial charge in [0, 0.05) is 12.8 Å². The lowest BCUT2D eigenvalue weighted by atomic mass is 10.0. The van der Waals surface area contributed by atoms with Crippen LogP contribution in [0.5, 0.6) is 0 Å². The minimum absolute atomic E-state index is 0.127. The van der Waals surface area contributed by atoms with Crippen molar-refractivity contribution in [1.82, 2.24) is 0 Å². The van der Waals surface area contributed by atoms with Crippen LogP contribution < -0.4 is 0 Å². The summed E-state index contributed by atoms with van der Waals surface area (Å²) in [6.07, 6.45) is 8.11. The topological polar surface area (TPSA) is 54.4 Å². The third-order valence-electron chi connectivity index (χ3n) is 3.10. The predicted octanol–water partition coefficient (Wildman–Crippen LogP) is 4.45. The Morgan fingerprint density at radius 3 is 1.90 bits per heavy atom. The van der Waals surface area contributed by atoms with Gasteiger partial charge in [-0.15, -0.1) is 0 Å². The largest absolute Gasteiger partial charge is 0.481 e. The SMILES string of the molecule is C=C(C)C(=O)CC/C(C)=C/CC/C(C)=C\CCC(=O)O. The molecule has 0 spiro atoms. The fraction of sp³-hybridized carbons (Fsp3) is 0.529. The monoisotopic (exact) mass is 278 g/mol. The Hall–Kier alpha value is -1.64. The van der Waals surface area contributed by atoms with E-state index in [1.807, 2.05) is 19.9 Å². The number of carbonyl (C=O) groups excluding carboxylic acids is 1. The van der Waals surface area contributed by atoms with Crippen LogP contribution in [-0.2, 0) is 9.59 Å². The number of carbonyl (C=O) groups is 2. The molecule has 0 bridgehead atoms. The van der Waals surface area contributed by atoms with Crippen molar-refractivity contribution < 1.29 is 14.7 Å². The molecule has 0 aliphatic heterocycles. The zero-order valence-corrected chi connectivity index (χ0v) is 12.9. The maximum atomic E-state index is 11.4. The Kier molecular flexibility index (Phi) is 9.35. The standard InChI is InChI=1S/C17H26O3/c1-13(2)16(18)12-11-15(4)8-5-7-14(3)9-6-10-17(19)20/h8-9H,1,5-7,10-12H2,2-4H3,(H,19,20)/b14-9-,15-8+. The second kappa shape index (κ2) is 10.2.